The van der Waals surface area contributed by atoms with Crippen molar-refractivity contribution in [2.24, 2.45) is 0 Å². The minimum Gasteiger partial charge on any atom is -0.488 e. The van der Waals surface area contributed by atoms with Gasteiger partial charge in [-0.15, -0.1) is 0 Å². The Balaban J connectivity index is 2.27. The van der Waals surface area contributed by atoms with Gasteiger partial charge in [-0.3, -0.25) is 0 Å². The smallest absolute Gasteiger partial charge is 0.336 e. The van der Waals surface area contributed by atoms with Gasteiger partial charge in [0.2, 0.25) is 0 Å². The summed E-state index contributed by atoms with van der Waals surface area (Å²) in [5.74, 6) is -0.104. The first-order valence-electron chi connectivity index (χ1n) is 5.35. The molecule has 3 nitrogen and oxygen atoms in total. The molecule has 1 N–H and O–H groups in total. The number of carbonyl (C=O) groups is 1. The summed E-state index contributed by atoms with van der Waals surface area (Å²) in [6.07, 6.45) is 0. The van der Waals surface area contributed by atoms with Crippen LogP contribution >= 0.6 is 0 Å². The van der Waals surface area contributed by atoms with Crippen LogP contribution in [0.25, 0.3) is 11.1 Å². The van der Waals surface area contributed by atoms with Gasteiger partial charge in [0.1, 0.15) is 12.4 Å². The number of fused-ring (bicyclic) bond motifs is 3. The number of benzene rings is 2. The molecule has 0 aliphatic carbocycles. The molecule has 0 radical (unpaired) electrons. The fourth-order valence-corrected chi connectivity index (χ4v) is 2.16. The molecule has 0 fully saturated rings. The van der Waals surface area contributed by atoms with Gasteiger partial charge in [0, 0.05) is 11.1 Å². The maximum atomic E-state index is 11.1. The highest BCUT2D eigenvalue weighted by Crippen LogP contribution is 2.38. The lowest BCUT2D eigenvalue weighted by Crippen LogP contribution is -2.11. The molecule has 0 saturated carbocycles. The molecule has 0 bridgehead atoms. The highest BCUT2D eigenvalue weighted by molar-refractivity contribution is 5.93. The molecule has 3 rings (SSSR count). The van der Waals surface area contributed by atoms with Crippen molar-refractivity contribution in [3.05, 3.63) is 53.6 Å². The van der Waals surface area contributed by atoms with E-state index in [0.717, 1.165) is 22.4 Å². The van der Waals surface area contributed by atoms with Crippen molar-refractivity contribution in [2.45, 2.75) is 6.61 Å². The highest BCUT2D eigenvalue weighted by atomic mass is 16.5. The topological polar surface area (TPSA) is 46.5 Å². The molecule has 84 valence electrons. The summed E-state index contributed by atoms with van der Waals surface area (Å²) in [6.45, 7) is 0.314. The Labute approximate surface area is 98.3 Å². The van der Waals surface area contributed by atoms with Gasteiger partial charge in [0.15, 0.2) is 0 Å². The normalized spacial score (nSPS) is 12.2. The largest absolute Gasteiger partial charge is 0.488 e. The second-order valence-electron chi connectivity index (χ2n) is 3.92. The summed E-state index contributed by atoms with van der Waals surface area (Å²) in [5.41, 5.74) is 2.97. The van der Waals surface area contributed by atoms with E-state index in [1.54, 1.807) is 12.1 Å². The average Bonchev–Trinajstić information content (AvgIpc) is 2.37. The van der Waals surface area contributed by atoms with Crippen molar-refractivity contribution in [1.82, 2.24) is 0 Å². The van der Waals surface area contributed by atoms with Crippen LogP contribution in [0.5, 0.6) is 5.75 Å². The van der Waals surface area contributed by atoms with Gasteiger partial charge in [0.05, 0.1) is 5.56 Å². The molecule has 17 heavy (non-hydrogen) atoms. The van der Waals surface area contributed by atoms with Crippen molar-refractivity contribution in [3.63, 3.8) is 0 Å². The van der Waals surface area contributed by atoms with Crippen molar-refractivity contribution < 1.29 is 14.6 Å². The molecule has 0 atom stereocenters. The van der Waals surface area contributed by atoms with Gasteiger partial charge >= 0.3 is 5.97 Å². The molecule has 3 heteroatoms. The molecular weight excluding hydrogens is 216 g/mol. The van der Waals surface area contributed by atoms with E-state index in [1.165, 1.54) is 0 Å². The van der Waals surface area contributed by atoms with Gasteiger partial charge in [-0.25, -0.2) is 4.79 Å². The predicted octanol–water partition coefficient (Wildman–Crippen LogP) is 2.94. The first-order valence-corrected chi connectivity index (χ1v) is 5.35. The lowest BCUT2D eigenvalue weighted by atomic mass is 9.93. The monoisotopic (exact) mass is 226 g/mol. The number of hydrogen-bond acceptors (Lipinski definition) is 2. The number of aromatic carboxylic acids is 1. The second kappa shape index (κ2) is 3.63. The molecule has 0 spiro atoms. The third kappa shape index (κ3) is 1.47. The van der Waals surface area contributed by atoms with Gasteiger partial charge in [0.25, 0.3) is 0 Å². The third-order valence-electron chi connectivity index (χ3n) is 2.96. The van der Waals surface area contributed by atoms with E-state index in [2.05, 4.69) is 0 Å². The summed E-state index contributed by atoms with van der Waals surface area (Å²) >= 11 is 0. The van der Waals surface area contributed by atoms with Crippen molar-refractivity contribution >= 4 is 5.97 Å². The number of ether oxygens (including phenoxy) is 1. The SMILES string of the molecule is O=C(O)c1cccc2c1COc1ccccc1-2. The first-order chi connectivity index (χ1) is 8.27. The Kier molecular flexibility index (Phi) is 2.11. The summed E-state index contributed by atoms with van der Waals surface area (Å²) in [4.78, 5) is 11.1. The number of hydrogen-bond donors (Lipinski definition) is 1. The fourth-order valence-electron chi connectivity index (χ4n) is 2.16. The minimum atomic E-state index is -0.912. The molecule has 1 aliphatic heterocycles. The van der Waals surface area contributed by atoms with Gasteiger partial charge in [-0.2, -0.15) is 0 Å². The minimum absolute atomic E-state index is 0.314. The van der Waals surface area contributed by atoms with Crippen LogP contribution in [-0.4, -0.2) is 11.1 Å². The van der Waals surface area contributed by atoms with Crippen LogP contribution in [-0.2, 0) is 6.61 Å². The van der Waals surface area contributed by atoms with E-state index in [4.69, 9.17) is 9.84 Å². The number of para-hydroxylation sites is 1. The number of rotatable bonds is 1. The van der Waals surface area contributed by atoms with Crippen LogP contribution in [0.2, 0.25) is 0 Å². The Morgan fingerprint density at radius 1 is 1.06 bits per heavy atom. The van der Waals surface area contributed by atoms with Crippen LogP contribution in [0.15, 0.2) is 42.5 Å². The van der Waals surface area contributed by atoms with Crippen molar-refractivity contribution in [2.75, 3.05) is 0 Å². The molecule has 0 amide bonds. The molecule has 0 aromatic heterocycles. The standard InChI is InChI=1S/C14H10O3/c15-14(16)11-6-3-5-9-10-4-1-2-7-13(10)17-8-12(9)11/h1-7H,8H2,(H,15,16). The van der Waals surface area contributed by atoms with Crippen molar-refractivity contribution in [3.8, 4) is 16.9 Å². The molecule has 1 aliphatic rings. The molecule has 2 aromatic carbocycles. The van der Waals surface area contributed by atoms with E-state index in [9.17, 15) is 4.79 Å². The zero-order valence-corrected chi connectivity index (χ0v) is 9.01. The molecule has 0 saturated heterocycles. The van der Waals surface area contributed by atoms with Crippen LogP contribution in [0.3, 0.4) is 0 Å². The van der Waals surface area contributed by atoms with Gasteiger partial charge < -0.3 is 9.84 Å². The Hall–Kier alpha value is -2.29. The summed E-state index contributed by atoms with van der Waals surface area (Å²) < 4.78 is 5.58. The lowest BCUT2D eigenvalue weighted by molar-refractivity contribution is 0.0694. The Morgan fingerprint density at radius 2 is 1.82 bits per heavy atom. The lowest BCUT2D eigenvalue weighted by Gasteiger charge is -2.21. The van der Waals surface area contributed by atoms with Crippen LogP contribution < -0.4 is 4.74 Å². The van der Waals surface area contributed by atoms with E-state index < -0.39 is 5.97 Å². The Morgan fingerprint density at radius 3 is 2.65 bits per heavy atom. The number of carboxylic acids is 1. The van der Waals surface area contributed by atoms with E-state index in [-0.39, 0.29) is 0 Å². The van der Waals surface area contributed by atoms with E-state index in [0.29, 0.717) is 12.2 Å². The third-order valence-corrected chi connectivity index (χ3v) is 2.96. The second-order valence-corrected chi connectivity index (χ2v) is 3.92. The maximum absolute atomic E-state index is 11.1. The fraction of sp³-hybridized carbons (Fsp3) is 0.0714. The maximum Gasteiger partial charge on any atom is 0.336 e. The van der Waals surface area contributed by atoms with Crippen molar-refractivity contribution in [1.29, 1.82) is 0 Å². The summed E-state index contributed by atoms with van der Waals surface area (Å²) in [5, 5.41) is 9.13. The molecule has 1 heterocycles. The van der Waals surface area contributed by atoms with Crippen LogP contribution in [0.4, 0.5) is 0 Å². The predicted molar refractivity (Wildman–Crippen MR) is 63.2 cm³/mol. The zero-order chi connectivity index (χ0) is 11.8. The number of carboxylic acid groups (broad SMARTS) is 1. The molecular formula is C14H10O3. The van der Waals surface area contributed by atoms with Gasteiger partial charge in [-0.1, -0.05) is 30.3 Å². The quantitative estimate of drug-likeness (QED) is 0.813. The molecule has 2 aromatic rings. The van der Waals surface area contributed by atoms with E-state index >= 15 is 0 Å². The van der Waals surface area contributed by atoms with Crippen LogP contribution in [0, 0.1) is 0 Å². The van der Waals surface area contributed by atoms with Crippen LogP contribution in [0.1, 0.15) is 15.9 Å². The van der Waals surface area contributed by atoms with E-state index in [1.807, 2.05) is 30.3 Å². The molecule has 0 unspecified atom stereocenters. The average molecular weight is 226 g/mol. The zero-order valence-electron chi connectivity index (χ0n) is 9.01. The summed E-state index contributed by atoms with van der Waals surface area (Å²) in [6, 6.07) is 13.0. The highest BCUT2D eigenvalue weighted by Gasteiger charge is 2.21. The summed E-state index contributed by atoms with van der Waals surface area (Å²) in [7, 11) is 0. The van der Waals surface area contributed by atoms with Gasteiger partial charge in [-0.05, 0) is 17.7 Å². The Bertz CT molecular complexity index is 602. The first kappa shape index (κ1) is 9.90.